The van der Waals surface area contributed by atoms with Gasteiger partial charge in [0.15, 0.2) is 0 Å². The van der Waals surface area contributed by atoms with Crippen molar-refractivity contribution < 1.29 is 4.79 Å². The maximum absolute atomic E-state index is 11.2. The third-order valence-corrected chi connectivity index (χ3v) is 2.45. The average Bonchev–Trinajstić information content (AvgIpc) is 2.16. The Morgan fingerprint density at radius 3 is 2.33 bits per heavy atom. The molecule has 0 aliphatic heterocycles. The summed E-state index contributed by atoms with van der Waals surface area (Å²) >= 11 is 0. The summed E-state index contributed by atoms with van der Waals surface area (Å²) in [6.45, 7) is 2.04. The van der Waals surface area contributed by atoms with Crippen LogP contribution in [-0.2, 0) is 0 Å². The summed E-state index contributed by atoms with van der Waals surface area (Å²) < 4.78 is 0. The van der Waals surface area contributed by atoms with Crippen LogP contribution in [0.3, 0.4) is 0 Å². The van der Waals surface area contributed by atoms with Crippen molar-refractivity contribution in [2.75, 3.05) is 14.1 Å². The summed E-state index contributed by atoms with van der Waals surface area (Å²) in [7, 11) is 3.95. The van der Waals surface area contributed by atoms with E-state index in [2.05, 4.69) is 0 Å². The molecule has 0 aliphatic carbocycles. The van der Waals surface area contributed by atoms with Gasteiger partial charge in [0.1, 0.15) is 0 Å². The minimum atomic E-state index is -0.366. The number of nitrogens with zero attached hydrogens (tertiary/aromatic N) is 1. The van der Waals surface area contributed by atoms with Gasteiger partial charge >= 0.3 is 0 Å². The number of benzene rings is 1. The Morgan fingerprint density at radius 1 is 1.33 bits per heavy atom. The largest absolute Gasteiger partial charge is 0.366 e. The lowest BCUT2D eigenvalue weighted by atomic mass is 10.0. The van der Waals surface area contributed by atoms with Crippen molar-refractivity contribution in [3.63, 3.8) is 0 Å². The Labute approximate surface area is 96.7 Å². The molecular weight excluding hydrogens is 212 g/mol. The quantitative estimate of drug-likeness (QED) is 0.858. The molecular formula is C11H17ClN2O. The molecule has 2 N–H and O–H groups in total. The van der Waals surface area contributed by atoms with Crippen molar-refractivity contribution in [3.05, 3.63) is 35.4 Å². The molecule has 0 saturated heterocycles. The van der Waals surface area contributed by atoms with Gasteiger partial charge in [-0.1, -0.05) is 18.2 Å². The van der Waals surface area contributed by atoms with Gasteiger partial charge in [-0.05, 0) is 32.6 Å². The smallest absolute Gasteiger partial charge is 0.249 e. The number of amides is 1. The van der Waals surface area contributed by atoms with Gasteiger partial charge in [-0.25, -0.2) is 0 Å². The molecule has 1 amide bonds. The molecule has 1 rings (SSSR count). The molecule has 0 bridgehead atoms. The van der Waals surface area contributed by atoms with Gasteiger partial charge in [0.05, 0.1) is 0 Å². The molecule has 84 valence electrons. The lowest BCUT2D eigenvalue weighted by Crippen LogP contribution is -2.21. The molecule has 0 spiro atoms. The Hall–Kier alpha value is -1.06. The van der Waals surface area contributed by atoms with E-state index in [1.54, 1.807) is 6.07 Å². The molecule has 1 unspecified atom stereocenters. The maximum Gasteiger partial charge on any atom is 0.249 e. The van der Waals surface area contributed by atoms with Crippen LogP contribution in [0.2, 0.25) is 0 Å². The van der Waals surface area contributed by atoms with E-state index in [4.69, 9.17) is 5.73 Å². The molecule has 1 atom stereocenters. The fourth-order valence-electron chi connectivity index (χ4n) is 1.36. The van der Waals surface area contributed by atoms with Crippen LogP contribution in [0.1, 0.15) is 28.9 Å². The SMILES string of the molecule is CC(c1ccccc1C(N)=O)N(C)C.Cl. The summed E-state index contributed by atoms with van der Waals surface area (Å²) in [4.78, 5) is 13.2. The van der Waals surface area contributed by atoms with Crippen LogP contribution < -0.4 is 5.73 Å². The van der Waals surface area contributed by atoms with Gasteiger partial charge in [0.25, 0.3) is 0 Å². The van der Waals surface area contributed by atoms with Gasteiger partial charge in [-0.15, -0.1) is 12.4 Å². The number of carbonyl (C=O) groups excluding carboxylic acids is 1. The predicted molar refractivity (Wildman–Crippen MR) is 64.3 cm³/mol. The van der Waals surface area contributed by atoms with Crippen molar-refractivity contribution in [2.45, 2.75) is 13.0 Å². The van der Waals surface area contributed by atoms with Crippen molar-refractivity contribution in [1.82, 2.24) is 4.90 Å². The number of hydrogen-bond donors (Lipinski definition) is 1. The highest BCUT2D eigenvalue weighted by Gasteiger charge is 2.14. The highest BCUT2D eigenvalue weighted by molar-refractivity contribution is 5.94. The fraction of sp³-hybridized carbons (Fsp3) is 0.364. The Kier molecular flexibility index (Phi) is 5.33. The molecule has 1 aromatic carbocycles. The monoisotopic (exact) mass is 228 g/mol. The number of hydrogen-bond acceptors (Lipinski definition) is 2. The number of halogens is 1. The molecule has 0 fully saturated rings. The van der Waals surface area contributed by atoms with E-state index >= 15 is 0 Å². The molecule has 0 radical (unpaired) electrons. The zero-order chi connectivity index (χ0) is 10.7. The molecule has 4 heteroatoms. The lowest BCUT2D eigenvalue weighted by molar-refractivity contribution is 0.0998. The minimum absolute atomic E-state index is 0. The van der Waals surface area contributed by atoms with Gasteiger partial charge in [0, 0.05) is 11.6 Å². The molecule has 0 aromatic heterocycles. The Balaban J connectivity index is 0.00000196. The second-order valence-electron chi connectivity index (χ2n) is 3.59. The lowest BCUT2D eigenvalue weighted by Gasteiger charge is -2.21. The first-order valence-electron chi connectivity index (χ1n) is 4.59. The van der Waals surface area contributed by atoms with Crippen LogP contribution in [-0.4, -0.2) is 24.9 Å². The van der Waals surface area contributed by atoms with E-state index in [0.29, 0.717) is 5.56 Å². The highest BCUT2D eigenvalue weighted by Crippen LogP contribution is 2.20. The number of nitrogens with two attached hydrogens (primary N) is 1. The van der Waals surface area contributed by atoms with Gasteiger partial charge in [-0.2, -0.15) is 0 Å². The zero-order valence-corrected chi connectivity index (χ0v) is 10.0. The molecule has 0 aliphatic rings. The molecule has 1 aromatic rings. The van der Waals surface area contributed by atoms with Crippen molar-refractivity contribution in [3.8, 4) is 0 Å². The topological polar surface area (TPSA) is 46.3 Å². The molecule has 0 saturated carbocycles. The molecule has 15 heavy (non-hydrogen) atoms. The summed E-state index contributed by atoms with van der Waals surface area (Å²) in [5, 5.41) is 0. The first-order valence-corrected chi connectivity index (χ1v) is 4.59. The normalized spacial score (nSPS) is 12.0. The van der Waals surface area contributed by atoms with Crippen LogP contribution in [0.5, 0.6) is 0 Å². The van der Waals surface area contributed by atoms with Crippen LogP contribution >= 0.6 is 12.4 Å². The number of rotatable bonds is 3. The second kappa shape index (κ2) is 5.73. The van der Waals surface area contributed by atoms with E-state index in [1.165, 1.54) is 0 Å². The first kappa shape index (κ1) is 13.9. The van der Waals surface area contributed by atoms with Crippen LogP contribution in [0.25, 0.3) is 0 Å². The van der Waals surface area contributed by atoms with Crippen molar-refractivity contribution >= 4 is 18.3 Å². The van der Waals surface area contributed by atoms with E-state index < -0.39 is 0 Å². The Bertz CT molecular complexity index is 339. The average molecular weight is 229 g/mol. The van der Waals surface area contributed by atoms with Crippen LogP contribution in [0.4, 0.5) is 0 Å². The van der Waals surface area contributed by atoms with Gasteiger partial charge in [-0.3, -0.25) is 4.79 Å². The summed E-state index contributed by atoms with van der Waals surface area (Å²) in [5.41, 5.74) is 6.88. The van der Waals surface area contributed by atoms with Crippen molar-refractivity contribution in [2.24, 2.45) is 5.73 Å². The van der Waals surface area contributed by atoms with Crippen LogP contribution in [0, 0.1) is 0 Å². The van der Waals surface area contributed by atoms with E-state index in [0.717, 1.165) is 5.56 Å². The summed E-state index contributed by atoms with van der Waals surface area (Å²) in [6, 6.07) is 7.63. The predicted octanol–water partition coefficient (Wildman–Crippen LogP) is 1.83. The standard InChI is InChI=1S/C11H16N2O.ClH/c1-8(13(2)3)9-6-4-5-7-10(9)11(12)14;/h4-8H,1-3H3,(H2,12,14);1H. The minimum Gasteiger partial charge on any atom is -0.366 e. The van der Waals surface area contributed by atoms with Gasteiger partial charge < -0.3 is 10.6 Å². The zero-order valence-electron chi connectivity index (χ0n) is 9.23. The van der Waals surface area contributed by atoms with Crippen molar-refractivity contribution in [1.29, 1.82) is 0 Å². The summed E-state index contributed by atoms with van der Waals surface area (Å²) in [5.74, 6) is -0.366. The number of carbonyl (C=O) groups is 1. The van der Waals surface area contributed by atoms with Gasteiger partial charge in [0.2, 0.25) is 5.91 Å². The second-order valence-corrected chi connectivity index (χ2v) is 3.59. The first-order chi connectivity index (χ1) is 6.54. The molecule has 3 nitrogen and oxygen atoms in total. The van der Waals surface area contributed by atoms with Crippen LogP contribution in [0.15, 0.2) is 24.3 Å². The number of primary amides is 1. The van der Waals surface area contributed by atoms with E-state index in [1.807, 2.05) is 44.1 Å². The van der Waals surface area contributed by atoms with E-state index in [9.17, 15) is 4.79 Å². The Morgan fingerprint density at radius 2 is 1.87 bits per heavy atom. The highest BCUT2D eigenvalue weighted by atomic mass is 35.5. The summed E-state index contributed by atoms with van der Waals surface area (Å²) in [6.07, 6.45) is 0. The third kappa shape index (κ3) is 3.22. The third-order valence-electron chi connectivity index (χ3n) is 2.45. The maximum atomic E-state index is 11.2. The molecule has 0 heterocycles. The fourth-order valence-corrected chi connectivity index (χ4v) is 1.36. The van der Waals surface area contributed by atoms with E-state index in [-0.39, 0.29) is 24.4 Å².